The van der Waals surface area contributed by atoms with E-state index in [2.05, 4.69) is 207 Å². The second-order valence-electron chi connectivity index (χ2n) is 16.1. The Labute approximate surface area is 340 Å². The van der Waals surface area contributed by atoms with Crippen molar-refractivity contribution in [2.24, 2.45) is 0 Å². The summed E-state index contributed by atoms with van der Waals surface area (Å²) in [4.78, 5) is 2.41. The smallest absolute Gasteiger partial charge is 0.143 e. The zero-order chi connectivity index (χ0) is 38.5. The van der Waals surface area contributed by atoms with E-state index in [-0.39, 0.29) is 5.41 Å². The molecular weight excluding hydrogens is 723 g/mol. The van der Waals surface area contributed by atoms with Crippen LogP contribution >= 0.6 is 11.3 Å². The lowest BCUT2D eigenvalue weighted by Crippen LogP contribution is -2.16. The van der Waals surface area contributed by atoms with Crippen molar-refractivity contribution in [2.75, 3.05) is 4.90 Å². The summed E-state index contributed by atoms with van der Waals surface area (Å²) >= 11 is 1.86. The van der Waals surface area contributed by atoms with Crippen molar-refractivity contribution in [3.8, 4) is 33.4 Å². The van der Waals surface area contributed by atoms with Crippen molar-refractivity contribution in [1.29, 1.82) is 0 Å². The van der Waals surface area contributed by atoms with Crippen molar-refractivity contribution < 1.29 is 4.42 Å². The van der Waals surface area contributed by atoms with E-state index in [1.807, 2.05) is 11.3 Å². The lowest BCUT2D eigenvalue weighted by atomic mass is 9.82. The fourth-order valence-electron chi connectivity index (χ4n) is 9.57. The van der Waals surface area contributed by atoms with Crippen LogP contribution in [0.25, 0.3) is 86.3 Å². The summed E-state index contributed by atoms with van der Waals surface area (Å²) in [5.74, 6) is 0. The zero-order valence-electron chi connectivity index (χ0n) is 32.2. The van der Waals surface area contributed by atoms with E-state index < -0.39 is 0 Å². The van der Waals surface area contributed by atoms with Crippen molar-refractivity contribution >= 4 is 81.3 Å². The minimum Gasteiger partial charge on any atom is -0.455 e. The van der Waals surface area contributed by atoms with Crippen molar-refractivity contribution in [2.45, 2.75) is 19.3 Å². The van der Waals surface area contributed by atoms with Gasteiger partial charge in [-0.2, -0.15) is 0 Å². The molecule has 0 fully saturated rings. The molecule has 11 aromatic rings. The maximum absolute atomic E-state index is 6.55. The molecular formula is C55H37NOS. The molecule has 9 aromatic carbocycles. The molecule has 2 heterocycles. The number of fused-ring (bicyclic) bond motifs is 11. The number of rotatable bonds is 5. The zero-order valence-corrected chi connectivity index (χ0v) is 33.0. The third-order valence-corrected chi connectivity index (χ3v) is 13.6. The average Bonchev–Trinajstić information content (AvgIpc) is 3.92. The minimum absolute atomic E-state index is 0.108. The topological polar surface area (TPSA) is 16.4 Å². The van der Waals surface area contributed by atoms with Gasteiger partial charge in [-0.3, -0.25) is 0 Å². The standard InChI is InChI=1S/C55H37NOS/c1-55(2)48-15-7-5-12-43(48)44-30-28-40(33-49(44)55)56(38-24-18-34(19-25-38)37-23-31-52-47(32-37)45-13-6-8-17-51(45)58-52)39-26-20-36(21-27-39)41-14-9-16-50-53(41)46-29-22-35-10-3-4-11-42(35)54(46)57-50/h3-33H,1-2H3. The van der Waals surface area contributed by atoms with E-state index >= 15 is 0 Å². The lowest BCUT2D eigenvalue weighted by molar-refractivity contribution is 0.660. The first-order chi connectivity index (χ1) is 28.5. The second kappa shape index (κ2) is 12.5. The number of hydrogen-bond donors (Lipinski definition) is 0. The molecule has 0 radical (unpaired) electrons. The summed E-state index contributed by atoms with van der Waals surface area (Å²) in [5, 5.41) is 7.26. The molecule has 2 aromatic heterocycles. The number of nitrogens with zero attached hydrogens (tertiary/aromatic N) is 1. The molecule has 58 heavy (non-hydrogen) atoms. The first-order valence-corrected chi connectivity index (χ1v) is 20.8. The van der Waals surface area contributed by atoms with Gasteiger partial charge in [0.15, 0.2) is 0 Å². The Morgan fingerprint density at radius 1 is 0.431 bits per heavy atom. The summed E-state index contributed by atoms with van der Waals surface area (Å²) in [6, 6.07) is 68.9. The Morgan fingerprint density at radius 3 is 1.93 bits per heavy atom. The largest absolute Gasteiger partial charge is 0.455 e. The van der Waals surface area contributed by atoms with E-state index in [4.69, 9.17) is 4.42 Å². The first kappa shape index (κ1) is 33.2. The third-order valence-electron chi connectivity index (χ3n) is 12.5. The summed E-state index contributed by atoms with van der Waals surface area (Å²) < 4.78 is 9.20. The number of furan rings is 1. The van der Waals surface area contributed by atoms with Crippen molar-refractivity contribution in [3.05, 3.63) is 199 Å². The lowest BCUT2D eigenvalue weighted by Gasteiger charge is -2.28. The highest BCUT2D eigenvalue weighted by Crippen LogP contribution is 2.51. The normalized spacial score (nSPS) is 13.1. The van der Waals surface area contributed by atoms with Gasteiger partial charge >= 0.3 is 0 Å². The molecule has 12 rings (SSSR count). The Kier molecular flexibility index (Phi) is 7.18. The summed E-state index contributed by atoms with van der Waals surface area (Å²) in [7, 11) is 0. The molecule has 0 amide bonds. The van der Waals surface area contributed by atoms with Crippen LogP contribution in [-0.4, -0.2) is 0 Å². The van der Waals surface area contributed by atoms with Crippen molar-refractivity contribution in [1.82, 2.24) is 0 Å². The first-order valence-electron chi connectivity index (χ1n) is 20.0. The molecule has 0 unspecified atom stereocenters. The molecule has 0 saturated heterocycles. The van der Waals surface area contributed by atoms with Crippen LogP contribution in [0.5, 0.6) is 0 Å². The quantitative estimate of drug-likeness (QED) is 0.174. The number of hydrogen-bond acceptors (Lipinski definition) is 3. The molecule has 2 nitrogen and oxygen atoms in total. The van der Waals surface area contributed by atoms with Gasteiger partial charge in [0, 0.05) is 58.8 Å². The van der Waals surface area contributed by atoms with Gasteiger partial charge in [-0.1, -0.05) is 135 Å². The van der Waals surface area contributed by atoms with Crippen LogP contribution in [0.3, 0.4) is 0 Å². The second-order valence-corrected chi connectivity index (χ2v) is 17.2. The highest BCUT2D eigenvalue weighted by atomic mass is 32.1. The number of thiophene rings is 1. The SMILES string of the molecule is CC1(C)c2ccccc2-c2ccc(N(c3ccc(-c4ccc5sc6ccccc6c5c4)cc3)c3ccc(-c4cccc5oc6c7ccccc7ccc6c45)cc3)cc21. The van der Waals surface area contributed by atoms with Gasteiger partial charge in [0.05, 0.1) is 0 Å². The van der Waals surface area contributed by atoms with Gasteiger partial charge in [0.1, 0.15) is 11.2 Å². The highest BCUT2D eigenvalue weighted by molar-refractivity contribution is 7.25. The van der Waals surface area contributed by atoms with E-state index in [9.17, 15) is 0 Å². The van der Waals surface area contributed by atoms with Gasteiger partial charge in [-0.05, 0) is 117 Å². The van der Waals surface area contributed by atoms with Crippen LogP contribution in [0.1, 0.15) is 25.0 Å². The molecule has 0 N–H and O–H groups in total. The predicted molar refractivity (Wildman–Crippen MR) is 247 cm³/mol. The number of anilines is 3. The van der Waals surface area contributed by atoms with E-state index in [0.717, 1.165) is 50.0 Å². The Balaban J connectivity index is 0.975. The molecule has 0 spiro atoms. The van der Waals surface area contributed by atoms with Gasteiger partial charge in [0.2, 0.25) is 0 Å². The van der Waals surface area contributed by atoms with Crippen LogP contribution in [0.2, 0.25) is 0 Å². The van der Waals surface area contributed by atoms with Gasteiger partial charge < -0.3 is 9.32 Å². The van der Waals surface area contributed by atoms with Gasteiger partial charge in [-0.15, -0.1) is 11.3 Å². The molecule has 0 saturated carbocycles. The average molecular weight is 760 g/mol. The summed E-state index contributed by atoms with van der Waals surface area (Å²) in [5.41, 5.74) is 15.2. The van der Waals surface area contributed by atoms with Crippen LogP contribution < -0.4 is 4.90 Å². The van der Waals surface area contributed by atoms with E-state index in [1.54, 1.807) is 0 Å². The molecule has 3 heteroatoms. The molecule has 0 bridgehead atoms. The Bertz CT molecular complexity index is 3420. The van der Waals surface area contributed by atoms with Gasteiger partial charge in [-0.25, -0.2) is 0 Å². The maximum atomic E-state index is 6.55. The van der Waals surface area contributed by atoms with Crippen LogP contribution in [0, 0.1) is 0 Å². The Hall–Kier alpha value is -6.94. The maximum Gasteiger partial charge on any atom is 0.143 e. The number of benzene rings is 9. The van der Waals surface area contributed by atoms with Crippen LogP contribution in [-0.2, 0) is 5.41 Å². The fraction of sp³-hybridized carbons (Fsp3) is 0.0545. The molecule has 0 aliphatic heterocycles. The Morgan fingerprint density at radius 2 is 1.09 bits per heavy atom. The van der Waals surface area contributed by atoms with E-state index in [0.29, 0.717) is 0 Å². The summed E-state index contributed by atoms with van der Waals surface area (Å²) in [6.07, 6.45) is 0. The molecule has 0 atom stereocenters. The van der Waals surface area contributed by atoms with Crippen LogP contribution in [0.4, 0.5) is 17.1 Å². The molecule has 1 aliphatic carbocycles. The monoisotopic (exact) mass is 759 g/mol. The van der Waals surface area contributed by atoms with Gasteiger partial charge in [0.25, 0.3) is 0 Å². The molecule has 274 valence electrons. The summed E-state index contributed by atoms with van der Waals surface area (Å²) in [6.45, 7) is 4.71. The molecule has 1 aliphatic rings. The minimum atomic E-state index is -0.108. The third kappa shape index (κ3) is 4.97. The van der Waals surface area contributed by atoms with Crippen LogP contribution in [0.15, 0.2) is 192 Å². The predicted octanol–water partition coefficient (Wildman–Crippen LogP) is 16.2. The van der Waals surface area contributed by atoms with Crippen molar-refractivity contribution in [3.63, 3.8) is 0 Å². The van der Waals surface area contributed by atoms with E-state index in [1.165, 1.54) is 64.5 Å². The highest BCUT2D eigenvalue weighted by Gasteiger charge is 2.35. The fourth-order valence-corrected chi connectivity index (χ4v) is 10.7.